The van der Waals surface area contributed by atoms with Crippen LogP contribution >= 0.6 is 0 Å². The van der Waals surface area contributed by atoms with Crippen LogP contribution in [0, 0.1) is 0 Å². The molecule has 1 heterocycles. The van der Waals surface area contributed by atoms with Crippen LogP contribution in [0.15, 0.2) is 18.2 Å². The van der Waals surface area contributed by atoms with Crippen molar-refractivity contribution in [1.29, 1.82) is 0 Å². The Balaban J connectivity index is 2.24. The lowest BCUT2D eigenvalue weighted by molar-refractivity contribution is 0.0951. The van der Waals surface area contributed by atoms with E-state index in [-0.39, 0.29) is 5.91 Å². The molecule has 2 rings (SSSR count). The van der Waals surface area contributed by atoms with Crippen LogP contribution in [-0.4, -0.2) is 48.0 Å². The summed E-state index contributed by atoms with van der Waals surface area (Å²) in [4.78, 5) is 23.5. The minimum absolute atomic E-state index is 0.0665. The number of hydrogen-bond donors (Lipinski definition) is 1. The molecule has 1 amide bonds. The highest BCUT2D eigenvalue weighted by atomic mass is 16.1. The first-order valence-corrected chi connectivity index (χ1v) is 7.77. The van der Waals surface area contributed by atoms with Gasteiger partial charge in [0.05, 0.1) is 22.4 Å². The standard InChI is InChI=1S/C17H24N4O/c1-5-13-14(6-2)20-16-11-12(7-8-15(16)19-13)17(22)18-9-10-21(3)4/h7-8,11H,5-6,9-10H2,1-4H3,(H,18,22). The lowest BCUT2D eigenvalue weighted by Crippen LogP contribution is -2.31. The lowest BCUT2D eigenvalue weighted by atomic mass is 10.1. The van der Waals surface area contributed by atoms with Gasteiger partial charge in [0, 0.05) is 18.7 Å². The maximum absolute atomic E-state index is 12.2. The monoisotopic (exact) mass is 300 g/mol. The largest absolute Gasteiger partial charge is 0.351 e. The van der Waals surface area contributed by atoms with E-state index >= 15 is 0 Å². The fourth-order valence-electron chi connectivity index (χ4n) is 2.33. The molecule has 22 heavy (non-hydrogen) atoms. The van der Waals surface area contributed by atoms with Crippen molar-refractivity contribution in [3.05, 3.63) is 35.2 Å². The molecule has 2 aromatic rings. The van der Waals surface area contributed by atoms with Crippen LogP contribution in [0.1, 0.15) is 35.6 Å². The van der Waals surface area contributed by atoms with Crippen molar-refractivity contribution >= 4 is 16.9 Å². The number of amides is 1. The van der Waals surface area contributed by atoms with E-state index in [9.17, 15) is 4.79 Å². The predicted octanol–water partition coefficient (Wildman–Crippen LogP) is 2.05. The normalized spacial score (nSPS) is 11.1. The molecule has 118 valence electrons. The molecule has 0 radical (unpaired) electrons. The summed E-state index contributed by atoms with van der Waals surface area (Å²) >= 11 is 0. The molecule has 0 aliphatic heterocycles. The number of hydrogen-bond acceptors (Lipinski definition) is 4. The smallest absolute Gasteiger partial charge is 0.251 e. The summed E-state index contributed by atoms with van der Waals surface area (Å²) in [5.74, 6) is -0.0665. The maximum atomic E-state index is 12.2. The number of rotatable bonds is 6. The Kier molecular flexibility index (Phi) is 5.44. The number of aryl methyl sites for hydroxylation is 2. The summed E-state index contributed by atoms with van der Waals surface area (Å²) in [6.45, 7) is 5.61. The summed E-state index contributed by atoms with van der Waals surface area (Å²) < 4.78 is 0. The van der Waals surface area contributed by atoms with E-state index in [0.717, 1.165) is 41.8 Å². The highest BCUT2D eigenvalue weighted by Crippen LogP contribution is 2.16. The zero-order valence-electron chi connectivity index (χ0n) is 13.8. The molecule has 0 aliphatic carbocycles. The number of nitrogens with zero attached hydrogens (tertiary/aromatic N) is 3. The number of carbonyl (C=O) groups is 1. The van der Waals surface area contributed by atoms with E-state index in [1.807, 2.05) is 37.2 Å². The van der Waals surface area contributed by atoms with Crippen molar-refractivity contribution in [1.82, 2.24) is 20.2 Å². The van der Waals surface area contributed by atoms with Crippen LogP contribution in [0.4, 0.5) is 0 Å². The third-order valence-electron chi connectivity index (χ3n) is 3.60. The number of nitrogens with one attached hydrogen (secondary N) is 1. The molecule has 1 aromatic heterocycles. The molecule has 1 N–H and O–H groups in total. The molecule has 5 nitrogen and oxygen atoms in total. The van der Waals surface area contributed by atoms with Crippen molar-refractivity contribution in [3.63, 3.8) is 0 Å². The molecule has 0 saturated heterocycles. The van der Waals surface area contributed by atoms with Gasteiger partial charge < -0.3 is 10.2 Å². The topological polar surface area (TPSA) is 58.1 Å². The number of benzene rings is 1. The number of aromatic nitrogens is 2. The Morgan fingerprint density at radius 2 is 1.73 bits per heavy atom. The van der Waals surface area contributed by atoms with Crippen LogP contribution < -0.4 is 5.32 Å². The van der Waals surface area contributed by atoms with Gasteiger partial charge in [0.1, 0.15) is 0 Å². The summed E-state index contributed by atoms with van der Waals surface area (Å²) in [6, 6.07) is 5.51. The van der Waals surface area contributed by atoms with Gasteiger partial charge in [0.2, 0.25) is 0 Å². The van der Waals surface area contributed by atoms with E-state index in [0.29, 0.717) is 12.1 Å². The predicted molar refractivity (Wildman–Crippen MR) is 89.2 cm³/mol. The van der Waals surface area contributed by atoms with E-state index in [2.05, 4.69) is 29.1 Å². The first kappa shape index (κ1) is 16.4. The van der Waals surface area contributed by atoms with Crippen LogP contribution in [0.3, 0.4) is 0 Å². The third kappa shape index (κ3) is 3.80. The Morgan fingerprint density at radius 3 is 2.32 bits per heavy atom. The Bertz CT molecular complexity index is 667. The fraction of sp³-hybridized carbons (Fsp3) is 0.471. The van der Waals surface area contributed by atoms with Crippen LogP contribution in [0.5, 0.6) is 0 Å². The average molecular weight is 300 g/mol. The third-order valence-corrected chi connectivity index (χ3v) is 3.60. The average Bonchev–Trinajstić information content (AvgIpc) is 2.52. The van der Waals surface area contributed by atoms with Crippen LogP contribution in [-0.2, 0) is 12.8 Å². The molecule has 0 bridgehead atoms. The van der Waals surface area contributed by atoms with Crippen molar-refractivity contribution in [2.45, 2.75) is 26.7 Å². The molecule has 0 atom stereocenters. The van der Waals surface area contributed by atoms with Gasteiger partial charge in [-0.1, -0.05) is 13.8 Å². The minimum Gasteiger partial charge on any atom is -0.351 e. The lowest BCUT2D eigenvalue weighted by Gasteiger charge is -2.11. The van der Waals surface area contributed by atoms with Gasteiger partial charge in [-0.15, -0.1) is 0 Å². The molecule has 1 aromatic carbocycles. The first-order valence-electron chi connectivity index (χ1n) is 7.77. The van der Waals surface area contributed by atoms with Crippen LogP contribution in [0.2, 0.25) is 0 Å². The molecule has 0 unspecified atom stereocenters. The van der Waals surface area contributed by atoms with E-state index in [4.69, 9.17) is 0 Å². The molecule has 0 fully saturated rings. The second-order valence-electron chi connectivity index (χ2n) is 5.59. The zero-order valence-corrected chi connectivity index (χ0v) is 13.8. The molecular weight excluding hydrogens is 276 g/mol. The number of fused-ring (bicyclic) bond motifs is 1. The van der Waals surface area contributed by atoms with E-state index in [1.165, 1.54) is 0 Å². The van der Waals surface area contributed by atoms with Crippen molar-refractivity contribution in [3.8, 4) is 0 Å². The SMILES string of the molecule is CCc1nc2ccc(C(=O)NCCN(C)C)cc2nc1CC. The summed E-state index contributed by atoms with van der Waals surface area (Å²) in [5, 5.41) is 2.92. The van der Waals surface area contributed by atoms with Crippen molar-refractivity contribution in [2.24, 2.45) is 0 Å². The summed E-state index contributed by atoms with van der Waals surface area (Å²) in [5.41, 5.74) is 4.32. The highest BCUT2D eigenvalue weighted by Gasteiger charge is 2.10. The van der Waals surface area contributed by atoms with Crippen molar-refractivity contribution < 1.29 is 4.79 Å². The fourth-order valence-corrected chi connectivity index (χ4v) is 2.33. The number of likely N-dealkylation sites (N-methyl/N-ethyl adjacent to an activating group) is 1. The van der Waals surface area contributed by atoms with E-state index in [1.54, 1.807) is 0 Å². The molecule has 0 saturated carbocycles. The van der Waals surface area contributed by atoms with Gasteiger partial charge in [0.25, 0.3) is 5.91 Å². The Labute approximate surface area is 131 Å². The van der Waals surface area contributed by atoms with E-state index < -0.39 is 0 Å². The number of carbonyl (C=O) groups excluding carboxylic acids is 1. The van der Waals surface area contributed by atoms with Crippen molar-refractivity contribution in [2.75, 3.05) is 27.2 Å². The van der Waals surface area contributed by atoms with Gasteiger partial charge in [0.15, 0.2) is 0 Å². The first-order chi connectivity index (χ1) is 10.5. The quantitative estimate of drug-likeness (QED) is 0.887. The Hall–Kier alpha value is -2.01. The van der Waals surface area contributed by atoms with Gasteiger partial charge in [-0.3, -0.25) is 4.79 Å². The highest BCUT2D eigenvalue weighted by molar-refractivity contribution is 5.97. The Morgan fingerprint density at radius 1 is 1.09 bits per heavy atom. The molecule has 0 aliphatic rings. The summed E-state index contributed by atoms with van der Waals surface area (Å²) in [6.07, 6.45) is 1.73. The van der Waals surface area contributed by atoms with Crippen LogP contribution in [0.25, 0.3) is 11.0 Å². The van der Waals surface area contributed by atoms with Gasteiger partial charge in [-0.2, -0.15) is 0 Å². The minimum atomic E-state index is -0.0665. The maximum Gasteiger partial charge on any atom is 0.251 e. The van der Waals surface area contributed by atoms with Gasteiger partial charge in [-0.25, -0.2) is 9.97 Å². The molecule has 0 spiro atoms. The van der Waals surface area contributed by atoms with Gasteiger partial charge in [-0.05, 0) is 45.1 Å². The second kappa shape index (κ2) is 7.31. The summed E-state index contributed by atoms with van der Waals surface area (Å²) in [7, 11) is 3.96. The molecular formula is C17H24N4O. The second-order valence-corrected chi connectivity index (χ2v) is 5.59. The zero-order chi connectivity index (χ0) is 16.1. The van der Waals surface area contributed by atoms with Gasteiger partial charge >= 0.3 is 0 Å². The molecule has 5 heteroatoms.